The molecule has 2 fully saturated rings. The number of rotatable bonds is 1. The second kappa shape index (κ2) is 5.15. The Morgan fingerprint density at radius 3 is 2.08 bits per heavy atom. The normalized spacial score (nSPS) is 26.6. The van der Waals surface area contributed by atoms with Gasteiger partial charge in [0.05, 0.1) is 0 Å². The Morgan fingerprint density at radius 2 is 1.38 bits per heavy atom. The standard InChI is InChI=1S/C12H21P/c1-3-7-11(8-4-1)13-12-9-5-2-6-10-12/h11H,1-10H2. The summed E-state index contributed by atoms with van der Waals surface area (Å²) in [7, 11) is 1.75. The van der Waals surface area contributed by atoms with Gasteiger partial charge in [-0.2, -0.15) is 0 Å². The van der Waals surface area contributed by atoms with Crippen molar-refractivity contribution in [3.63, 3.8) is 0 Å². The van der Waals surface area contributed by atoms with Crippen LogP contribution in [0.4, 0.5) is 0 Å². The molecule has 0 radical (unpaired) electrons. The molecule has 13 heavy (non-hydrogen) atoms. The summed E-state index contributed by atoms with van der Waals surface area (Å²) in [5, 5.41) is 1.89. The predicted molar refractivity (Wildman–Crippen MR) is 61.9 cm³/mol. The summed E-state index contributed by atoms with van der Waals surface area (Å²) in [5.74, 6) is 0. The fourth-order valence-electron chi connectivity index (χ4n) is 2.56. The molecule has 0 aliphatic heterocycles. The van der Waals surface area contributed by atoms with E-state index in [-0.39, 0.29) is 0 Å². The summed E-state index contributed by atoms with van der Waals surface area (Å²) in [6, 6.07) is 0. The van der Waals surface area contributed by atoms with E-state index in [9.17, 15) is 0 Å². The first-order valence-corrected chi connectivity index (χ1v) is 6.97. The fourth-order valence-corrected chi connectivity index (χ4v) is 4.27. The van der Waals surface area contributed by atoms with Crippen LogP contribution in [0.5, 0.6) is 0 Å². The average Bonchev–Trinajstić information content (AvgIpc) is 2.21. The second-order valence-corrected chi connectivity index (χ2v) is 6.17. The van der Waals surface area contributed by atoms with Crippen molar-refractivity contribution in [2.75, 3.05) is 0 Å². The summed E-state index contributed by atoms with van der Waals surface area (Å²) in [6.07, 6.45) is 14.9. The van der Waals surface area contributed by atoms with E-state index in [1.807, 2.05) is 5.29 Å². The first-order valence-electron chi connectivity index (χ1n) is 6.01. The van der Waals surface area contributed by atoms with Gasteiger partial charge in [0.25, 0.3) is 0 Å². The van der Waals surface area contributed by atoms with Gasteiger partial charge in [-0.15, -0.1) is 8.20 Å². The molecule has 0 nitrogen and oxygen atoms in total. The molecule has 0 saturated heterocycles. The topological polar surface area (TPSA) is 0 Å². The van der Waals surface area contributed by atoms with E-state index in [2.05, 4.69) is 0 Å². The summed E-state index contributed by atoms with van der Waals surface area (Å²) in [6.45, 7) is 0. The van der Waals surface area contributed by atoms with E-state index in [1.165, 1.54) is 64.2 Å². The van der Waals surface area contributed by atoms with Crippen molar-refractivity contribution in [2.45, 2.75) is 69.9 Å². The largest absolute Gasteiger partial charge is 0.102 e. The first kappa shape index (κ1) is 9.71. The minimum atomic E-state index is 1.06. The zero-order valence-electron chi connectivity index (χ0n) is 8.60. The molecular formula is C12H21P. The maximum absolute atomic E-state index is 1.89. The van der Waals surface area contributed by atoms with Gasteiger partial charge < -0.3 is 0 Å². The van der Waals surface area contributed by atoms with E-state index >= 15 is 0 Å². The fraction of sp³-hybridized carbons (Fsp3) is 0.917. The third-order valence-corrected chi connectivity index (χ3v) is 5.06. The van der Waals surface area contributed by atoms with E-state index in [0.717, 1.165) is 5.66 Å². The van der Waals surface area contributed by atoms with Crippen LogP contribution in [-0.4, -0.2) is 11.0 Å². The van der Waals surface area contributed by atoms with E-state index < -0.39 is 0 Å². The molecule has 0 bridgehead atoms. The lowest BCUT2D eigenvalue weighted by Gasteiger charge is -2.21. The lowest BCUT2D eigenvalue weighted by Crippen LogP contribution is -2.09. The van der Waals surface area contributed by atoms with Crippen molar-refractivity contribution in [3.8, 4) is 0 Å². The third-order valence-electron chi connectivity index (χ3n) is 3.37. The molecule has 2 aliphatic carbocycles. The molecule has 0 aromatic carbocycles. The SMILES string of the molecule is C1CCC(=PC2CCCCC2)CC1. The van der Waals surface area contributed by atoms with Crippen molar-refractivity contribution in [1.29, 1.82) is 0 Å². The molecule has 0 spiro atoms. The first-order chi connectivity index (χ1) is 6.45. The van der Waals surface area contributed by atoms with E-state index in [1.54, 1.807) is 8.20 Å². The molecular weight excluding hydrogens is 175 g/mol. The Morgan fingerprint density at radius 1 is 0.769 bits per heavy atom. The Hall–Kier alpha value is 0.170. The minimum absolute atomic E-state index is 1.06. The zero-order chi connectivity index (χ0) is 8.93. The van der Waals surface area contributed by atoms with E-state index in [4.69, 9.17) is 0 Å². The predicted octanol–water partition coefficient (Wildman–Crippen LogP) is 4.40. The smallest absolute Gasteiger partial charge is 0.000833 e. The van der Waals surface area contributed by atoms with Crippen LogP contribution in [0, 0.1) is 0 Å². The van der Waals surface area contributed by atoms with Gasteiger partial charge in [-0.05, 0) is 43.8 Å². The highest BCUT2D eigenvalue weighted by molar-refractivity contribution is 7.41. The van der Waals surface area contributed by atoms with Crippen molar-refractivity contribution in [2.24, 2.45) is 0 Å². The molecule has 0 unspecified atom stereocenters. The van der Waals surface area contributed by atoms with Crippen molar-refractivity contribution in [1.82, 2.24) is 0 Å². The van der Waals surface area contributed by atoms with Gasteiger partial charge in [0.15, 0.2) is 0 Å². The monoisotopic (exact) mass is 196 g/mol. The van der Waals surface area contributed by atoms with Crippen LogP contribution in [-0.2, 0) is 0 Å². The van der Waals surface area contributed by atoms with Crippen LogP contribution in [0.3, 0.4) is 0 Å². The Balaban J connectivity index is 1.85. The maximum atomic E-state index is 1.89. The van der Waals surface area contributed by atoms with Gasteiger partial charge in [-0.3, -0.25) is 0 Å². The Labute approximate surface area is 83.9 Å². The molecule has 0 amide bonds. The molecule has 0 aromatic rings. The molecule has 1 heteroatoms. The van der Waals surface area contributed by atoms with Gasteiger partial charge in [-0.1, -0.05) is 25.7 Å². The lowest BCUT2D eigenvalue weighted by atomic mass is 10.00. The van der Waals surface area contributed by atoms with Crippen LogP contribution in [0.25, 0.3) is 0 Å². The van der Waals surface area contributed by atoms with Gasteiger partial charge in [0, 0.05) is 5.66 Å². The quantitative estimate of drug-likeness (QED) is 0.545. The molecule has 0 N–H and O–H groups in total. The summed E-state index contributed by atoms with van der Waals surface area (Å²) >= 11 is 0. The van der Waals surface area contributed by atoms with E-state index in [0.29, 0.717) is 0 Å². The van der Waals surface area contributed by atoms with Crippen molar-refractivity contribution >= 4 is 13.5 Å². The molecule has 0 heterocycles. The average molecular weight is 196 g/mol. The van der Waals surface area contributed by atoms with Crippen molar-refractivity contribution < 1.29 is 0 Å². The van der Waals surface area contributed by atoms with Crippen LogP contribution >= 0.6 is 8.20 Å². The number of hydrogen-bond acceptors (Lipinski definition) is 0. The molecule has 0 aromatic heterocycles. The lowest BCUT2D eigenvalue weighted by molar-refractivity contribution is 0.515. The van der Waals surface area contributed by atoms with Gasteiger partial charge >= 0.3 is 0 Å². The van der Waals surface area contributed by atoms with Gasteiger partial charge in [0.1, 0.15) is 0 Å². The second-order valence-electron chi connectivity index (χ2n) is 4.55. The molecule has 74 valence electrons. The van der Waals surface area contributed by atoms with Crippen LogP contribution < -0.4 is 0 Å². The maximum Gasteiger partial charge on any atom is 0.000833 e. The minimum Gasteiger partial charge on any atom is -0.102 e. The zero-order valence-corrected chi connectivity index (χ0v) is 9.49. The molecule has 2 rings (SSSR count). The summed E-state index contributed by atoms with van der Waals surface area (Å²) < 4.78 is 0. The third kappa shape index (κ3) is 3.09. The van der Waals surface area contributed by atoms with Crippen molar-refractivity contribution in [3.05, 3.63) is 0 Å². The molecule has 2 saturated carbocycles. The molecule has 0 atom stereocenters. The van der Waals surface area contributed by atoms with Gasteiger partial charge in [0.2, 0.25) is 0 Å². The Bertz CT molecular complexity index is 170. The van der Waals surface area contributed by atoms with Crippen LogP contribution in [0.1, 0.15) is 64.2 Å². The summed E-state index contributed by atoms with van der Waals surface area (Å²) in [4.78, 5) is 0. The summed E-state index contributed by atoms with van der Waals surface area (Å²) in [5.41, 5.74) is 1.06. The van der Waals surface area contributed by atoms with Gasteiger partial charge in [-0.25, -0.2) is 0 Å². The highest BCUT2D eigenvalue weighted by atomic mass is 31.1. The Kier molecular flexibility index (Phi) is 3.85. The highest BCUT2D eigenvalue weighted by Gasteiger charge is 2.13. The van der Waals surface area contributed by atoms with Crippen LogP contribution in [0.2, 0.25) is 0 Å². The van der Waals surface area contributed by atoms with Crippen LogP contribution in [0.15, 0.2) is 0 Å². The highest BCUT2D eigenvalue weighted by Crippen LogP contribution is 2.31. The molecule has 2 aliphatic rings. The number of hydrogen-bond donors (Lipinski definition) is 0.